The second-order valence-corrected chi connectivity index (χ2v) is 5.87. The molecular weight excluding hydrogens is 310 g/mol. The molecule has 0 aliphatic rings. The van der Waals surface area contributed by atoms with Crippen molar-refractivity contribution in [3.8, 4) is 0 Å². The number of thiophene rings is 1. The summed E-state index contributed by atoms with van der Waals surface area (Å²) in [6.07, 6.45) is 0.226. The highest BCUT2D eigenvalue weighted by atomic mass is 35.5. The van der Waals surface area contributed by atoms with E-state index in [0.717, 1.165) is 11.1 Å². The molecule has 1 aromatic carbocycles. The number of aryl methyl sites for hydroxylation is 1. The molecule has 2 N–H and O–H groups in total. The summed E-state index contributed by atoms with van der Waals surface area (Å²) < 4.78 is 0. The lowest BCUT2D eigenvalue weighted by molar-refractivity contribution is -0.139. The summed E-state index contributed by atoms with van der Waals surface area (Å²) >= 11 is 7.24. The summed E-state index contributed by atoms with van der Waals surface area (Å²) in [5.74, 6) is -1.53. The third-order valence-corrected chi connectivity index (χ3v) is 4.69. The molecule has 6 heteroatoms. The van der Waals surface area contributed by atoms with E-state index in [1.807, 2.05) is 30.3 Å². The van der Waals surface area contributed by atoms with E-state index in [9.17, 15) is 14.7 Å². The topological polar surface area (TPSA) is 66.4 Å². The molecule has 4 nitrogen and oxygen atoms in total. The van der Waals surface area contributed by atoms with Crippen LogP contribution in [-0.2, 0) is 11.2 Å². The van der Waals surface area contributed by atoms with Gasteiger partial charge in [0.05, 0.1) is 5.02 Å². The molecule has 1 heterocycles. The highest BCUT2D eigenvalue weighted by Crippen LogP contribution is 2.27. The molecule has 2 aromatic rings. The molecule has 0 saturated carbocycles. The van der Waals surface area contributed by atoms with Crippen molar-refractivity contribution in [3.05, 3.63) is 56.7 Å². The van der Waals surface area contributed by atoms with Crippen LogP contribution in [0.2, 0.25) is 5.02 Å². The van der Waals surface area contributed by atoms with Gasteiger partial charge in [-0.3, -0.25) is 4.79 Å². The number of carboxylic acids is 1. The smallest absolute Gasteiger partial charge is 0.326 e. The number of carboxylic acid groups (broad SMARTS) is 1. The lowest BCUT2D eigenvalue weighted by Gasteiger charge is -2.14. The van der Waals surface area contributed by atoms with Crippen LogP contribution in [0.15, 0.2) is 35.7 Å². The number of hydrogen-bond donors (Lipinski definition) is 2. The molecule has 1 amide bonds. The van der Waals surface area contributed by atoms with Gasteiger partial charge in [0.15, 0.2) is 0 Å². The minimum Gasteiger partial charge on any atom is -0.480 e. The second kappa shape index (κ2) is 6.74. The number of benzene rings is 1. The van der Waals surface area contributed by atoms with Crippen LogP contribution in [-0.4, -0.2) is 23.0 Å². The van der Waals surface area contributed by atoms with Crippen LogP contribution in [0.5, 0.6) is 0 Å². The van der Waals surface area contributed by atoms with Gasteiger partial charge in [0, 0.05) is 6.42 Å². The number of carbonyl (C=O) groups is 2. The first kappa shape index (κ1) is 15.5. The zero-order valence-corrected chi connectivity index (χ0v) is 12.9. The molecule has 0 saturated heterocycles. The van der Waals surface area contributed by atoms with E-state index in [1.54, 1.807) is 12.3 Å². The van der Waals surface area contributed by atoms with Crippen LogP contribution in [0, 0.1) is 6.92 Å². The Morgan fingerprint density at radius 2 is 2.00 bits per heavy atom. The van der Waals surface area contributed by atoms with Crippen molar-refractivity contribution >= 4 is 34.8 Å². The number of carbonyl (C=O) groups excluding carboxylic acids is 1. The summed E-state index contributed by atoms with van der Waals surface area (Å²) in [7, 11) is 0. The monoisotopic (exact) mass is 323 g/mol. The van der Waals surface area contributed by atoms with E-state index in [4.69, 9.17) is 11.6 Å². The van der Waals surface area contributed by atoms with Gasteiger partial charge < -0.3 is 10.4 Å². The molecule has 2 rings (SSSR count). The predicted molar refractivity (Wildman–Crippen MR) is 83.1 cm³/mol. The zero-order valence-electron chi connectivity index (χ0n) is 11.3. The normalized spacial score (nSPS) is 11.9. The molecule has 0 unspecified atom stereocenters. The molecule has 1 aromatic heterocycles. The van der Waals surface area contributed by atoms with Gasteiger partial charge in [0.1, 0.15) is 10.9 Å². The Morgan fingerprint density at radius 3 is 2.52 bits per heavy atom. The Balaban J connectivity index is 2.11. The van der Waals surface area contributed by atoms with E-state index < -0.39 is 17.9 Å². The van der Waals surface area contributed by atoms with Crippen LogP contribution in [0.4, 0.5) is 0 Å². The van der Waals surface area contributed by atoms with Gasteiger partial charge in [-0.15, -0.1) is 11.3 Å². The van der Waals surface area contributed by atoms with E-state index in [2.05, 4.69) is 5.32 Å². The molecule has 1 atom stereocenters. The van der Waals surface area contributed by atoms with E-state index >= 15 is 0 Å². The first-order valence-corrected chi connectivity index (χ1v) is 7.56. The lowest BCUT2D eigenvalue weighted by Crippen LogP contribution is -2.42. The molecule has 0 spiro atoms. The number of aliphatic carboxylic acids is 1. The molecule has 0 aliphatic carbocycles. The van der Waals surface area contributed by atoms with Crippen molar-refractivity contribution in [1.82, 2.24) is 5.32 Å². The quantitative estimate of drug-likeness (QED) is 0.888. The van der Waals surface area contributed by atoms with Crippen LogP contribution < -0.4 is 5.32 Å². The molecule has 0 bridgehead atoms. The largest absolute Gasteiger partial charge is 0.480 e. The fourth-order valence-corrected chi connectivity index (χ4v) is 3.04. The first-order chi connectivity index (χ1) is 9.99. The number of hydrogen-bond acceptors (Lipinski definition) is 3. The minimum absolute atomic E-state index is 0.226. The predicted octanol–water partition coefficient (Wildman–Crippen LogP) is 3.14. The number of halogens is 1. The van der Waals surface area contributed by atoms with Crippen LogP contribution in [0.3, 0.4) is 0 Å². The number of nitrogens with one attached hydrogen (secondary N) is 1. The van der Waals surface area contributed by atoms with Crippen LogP contribution >= 0.6 is 22.9 Å². The fourth-order valence-electron chi connectivity index (χ4n) is 1.86. The Morgan fingerprint density at radius 1 is 1.33 bits per heavy atom. The molecule has 21 heavy (non-hydrogen) atoms. The van der Waals surface area contributed by atoms with Gasteiger partial charge in [-0.2, -0.15) is 0 Å². The molecular formula is C15H14ClNO3S. The highest BCUT2D eigenvalue weighted by molar-refractivity contribution is 7.13. The van der Waals surface area contributed by atoms with Crippen molar-refractivity contribution in [1.29, 1.82) is 0 Å². The van der Waals surface area contributed by atoms with Crippen LogP contribution in [0.1, 0.15) is 20.8 Å². The van der Waals surface area contributed by atoms with E-state index in [0.29, 0.717) is 9.90 Å². The maximum Gasteiger partial charge on any atom is 0.326 e. The Bertz CT molecular complexity index is 654. The first-order valence-electron chi connectivity index (χ1n) is 6.30. The molecule has 0 aliphatic heterocycles. The highest BCUT2D eigenvalue weighted by Gasteiger charge is 2.23. The van der Waals surface area contributed by atoms with Crippen LogP contribution in [0.25, 0.3) is 0 Å². The molecule has 0 fully saturated rings. The second-order valence-electron chi connectivity index (χ2n) is 4.62. The van der Waals surface area contributed by atoms with E-state index in [1.165, 1.54) is 11.3 Å². The average molecular weight is 324 g/mol. The zero-order chi connectivity index (χ0) is 15.4. The Hall–Kier alpha value is -1.85. The van der Waals surface area contributed by atoms with Crippen molar-refractivity contribution in [3.63, 3.8) is 0 Å². The van der Waals surface area contributed by atoms with Crippen molar-refractivity contribution < 1.29 is 14.7 Å². The fraction of sp³-hybridized carbons (Fsp3) is 0.200. The van der Waals surface area contributed by atoms with Gasteiger partial charge in [-0.1, -0.05) is 41.9 Å². The van der Waals surface area contributed by atoms with Crippen molar-refractivity contribution in [2.24, 2.45) is 0 Å². The van der Waals surface area contributed by atoms with Gasteiger partial charge in [-0.25, -0.2) is 4.79 Å². The third-order valence-electron chi connectivity index (χ3n) is 2.99. The number of rotatable bonds is 5. The Kier molecular flexibility index (Phi) is 4.98. The van der Waals surface area contributed by atoms with Crippen molar-refractivity contribution in [2.75, 3.05) is 0 Å². The summed E-state index contributed by atoms with van der Waals surface area (Å²) in [4.78, 5) is 23.8. The van der Waals surface area contributed by atoms with Gasteiger partial charge in [0.2, 0.25) is 0 Å². The summed E-state index contributed by atoms with van der Waals surface area (Å²) in [6.45, 7) is 1.80. The standard InChI is InChI=1S/C15H14ClNO3S/c1-9-8-21-13(12(9)16)14(18)17-11(15(19)20)7-10-5-3-2-4-6-10/h2-6,8,11H,7H2,1H3,(H,17,18)(H,19,20)/t11-/m1/s1. The summed E-state index contributed by atoms with van der Waals surface area (Å²) in [5.41, 5.74) is 1.65. The summed E-state index contributed by atoms with van der Waals surface area (Å²) in [5, 5.41) is 13.9. The molecule has 110 valence electrons. The Labute approximate surface area is 131 Å². The SMILES string of the molecule is Cc1csc(C(=O)N[C@H](Cc2ccccc2)C(=O)O)c1Cl. The van der Waals surface area contributed by atoms with Gasteiger partial charge >= 0.3 is 5.97 Å². The lowest BCUT2D eigenvalue weighted by atomic mass is 10.1. The minimum atomic E-state index is -1.07. The maximum atomic E-state index is 12.1. The average Bonchev–Trinajstić information content (AvgIpc) is 2.79. The maximum absolute atomic E-state index is 12.1. The van der Waals surface area contributed by atoms with Crippen molar-refractivity contribution in [2.45, 2.75) is 19.4 Å². The third kappa shape index (κ3) is 3.83. The van der Waals surface area contributed by atoms with Gasteiger partial charge in [-0.05, 0) is 23.4 Å². The van der Waals surface area contributed by atoms with E-state index in [-0.39, 0.29) is 6.42 Å². The number of amides is 1. The molecule has 0 radical (unpaired) electrons. The van der Waals surface area contributed by atoms with Gasteiger partial charge in [0.25, 0.3) is 5.91 Å². The summed E-state index contributed by atoms with van der Waals surface area (Å²) in [6, 6.07) is 8.17.